The molecule has 0 spiro atoms. The van der Waals surface area contributed by atoms with Gasteiger partial charge in [-0.1, -0.05) is 30.3 Å². The van der Waals surface area contributed by atoms with Crippen LogP contribution in [0.1, 0.15) is 11.1 Å². The number of nitro benzene ring substituents is 1. The van der Waals surface area contributed by atoms with Crippen LogP contribution >= 0.6 is 28.7 Å². The summed E-state index contributed by atoms with van der Waals surface area (Å²) in [6, 6.07) is 16.0. The summed E-state index contributed by atoms with van der Waals surface area (Å²) in [6.07, 6.45) is 0. The predicted octanol–water partition coefficient (Wildman–Crippen LogP) is 4.43. The molecule has 2 aromatic rings. The van der Waals surface area contributed by atoms with Crippen LogP contribution in [0.25, 0.3) is 0 Å². The van der Waals surface area contributed by atoms with Gasteiger partial charge in [-0.25, -0.2) is 0 Å². The Morgan fingerprint density at radius 1 is 1.10 bits per heavy atom. The van der Waals surface area contributed by atoms with Crippen molar-refractivity contribution in [2.45, 2.75) is 5.75 Å². The maximum atomic E-state index is 10.5. The summed E-state index contributed by atoms with van der Waals surface area (Å²) >= 11 is 1.41. The molecule has 2 rings (SSSR count). The van der Waals surface area contributed by atoms with Gasteiger partial charge in [0.05, 0.1) is 9.97 Å². The molecule has 0 fully saturated rings. The van der Waals surface area contributed by atoms with Gasteiger partial charge in [0, 0.05) is 23.4 Å². The monoisotopic (exact) mass is 352 g/mol. The summed E-state index contributed by atoms with van der Waals surface area (Å²) in [5, 5.41) is 18.9. The molecule has 20 heavy (non-hydrogen) atoms. The number of hydrogen-bond acceptors (Lipinski definition) is 4. The van der Waals surface area contributed by atoms with Gasteiger partial charge in [-0.15, -0.1) is 28.7 Å². The van der Waals surface area contributed by atoms with E-state index in [2.05, 4.69) is 0 Å². The zero-order valence-electron chi connectivity index (χ0n) is 10.5. The van der Waals surface area contributed by atoms with Crippen LogP contribution < -0.4 is 0 Å². The number of thioether (sulfide) groups is 1. The first kappa shape index (κ1) is 16.4. The smallest absolute Gasteiger partial charge is 0.269 e. The lowest BCUT2D eigenvalue weighted by atomic mass is 10.2. The largest absolute Gasteiger partial charge is 0.293 e. The number of nitro groups is 1. The molecule has 0 bridgehead atoms. The van der Waals surface area contributed by atoms with Crippen molar-refractivity contribution in [2.24, 2.45) is 0 Å². The average Bonchev–Trinajstić information content (AvgIpc) is 2.46. The Bertz CT molecular complexity index is 588. The van der Waals surface area contributed by atoms with Crippen molar-refractivity contribution in [1.29, 1.82) is 5.41 Å². The molecule has 0 heterocycles. The summed E-state index contributed by atoms with van der Waals surface area (Å²) in [7, 11) is 0. The SMILES string of the molecule is Br.N=C(SCc1ccccc1)c1ccc([N+](=O)[O-])cc1. The second-order valence-corrected chi connectivity index (χ2v) is 4.89. The Morgan fingerprint density at radius 2 is 1.70 bits per heavy atom. The van der Waals surface area contributed by atoms with E-state index >= 15 is 0 Å². The number of hydrogen-bond donors (Lipinski definition) is 1. The number of nitrogens with zero attached hydrogens (tertiary/aromatic N) is 1. The van der Waals surface area contributed by atoms with E-state index in [4.69, 9.17) is 5.41 Å². The number of halogens is 1. The van der Waals surface area contributed by atoms with Gasteiger partial charge >= 0.3 is 0 Å². The predicted molar refractivity (Wildman–Crippen MR) is 88.0 cm³/mol. The Labute approximate surface area is 131 Å². The second-order valence-electron chi connectivity index (χ2n) is 3.91. The van der Waals surface area contributed by atoms with Crippen LogP contribution in [0.3, 0.4) is 0 Å². The van der Waals surface area contributed by atoms with Crippen molar-refractivity contribution in [3.63, 3.8) is 0 Å². The lowest BCUT2D eigenvalue weighted by Gasteiger charge is -2.04. The number of non-ortho nitro benzene ring substituents is 1. The third kappa shape index (κ3) is 4.47. The maximum absolute atomic E-state index is 10.5. The third-order valence-corrected chi connectivity index (χ3v) is 3.57. The summed E-state index contributed by atoms with van der Waals surface area (Å²) < 4.78 is 0. The maximum Gasteiger partial charge on any atom is 0.269 e. The van der Waals surface area contributed by atoms with Crippen molar-refractivity contribution in [2.75, 3.05) is 0 Å². The zero-order chi connectivity index (χ0) is 13.7. The molecule has 104 valence electrons. The minimum Gasteiger partial charge on any atom is -0.293 e. The summed E-state index contributed by atoms with van der Waals surface area (Å²) in [5.41, 5.74) is 1.90. The first-order chi connectivity index (χ1) is 9.16. The molecule has 4 nitrogen and oxygen atoms in total. The normalized spacial score (nSPS) is 9.60. The Kier molecular flexibility index (Phi) is 6.41. The second kappa shape index (κ2) is 7.81. The van der Waals surface area contributed by atoms with Crippen LogP contribution in [0.5, 0.6) is 0 Å². The highest BCUT2D eigenvalue weighted by Gasteiger charge is 2.07. The fraction of sp³-hybridized carbons (Fsp3) is 0.0714. The lowest BCUT2D eigenvalue weighted by molar-refractivity contribution is -0.384. The summed E-state index contributed by atoms with van der Waals surface area (Å²) in [6.45, 7) is 0. The van der Waals surface area contributed by atoms with Crippen molar-refractivity contribution < 1.29 is 4.92 Å². The van der Waals surface area contributed by atoms with Crippen LogP contribution in [-0.4, -0.2) is 9.97 Å². The van der Waals surface area contributed by atoms with E-state index in [1.807, 2.05) is 30.3 Å². The minimum absolute atomic E-state index is 0. The molecule has 2 aromatic carbocycles. The van der Waals surface area contributed by atoms with E-state index in [1.54, 1.807) is 12.1 Å². The van der Waals surface area contributed by atoms with Crippen molar-refractivity contribution in [1.82, 2.24) is 0 Å². The van der Waals surface area contributed by atoms with Crippen molar-refractivity contribution >= 4 is 39.5 Å². The van der Waals surface area contributed by atoms with Gasteiger partial charge in [-0.3, -0.25) is 15.5 Å². The molecule has 0 saturated carbocycles. The highest BCUT2D eigenvalue weighted by molar-refractivity contribution is 8.93. The van der Waals surface area contributed by atoms with Gasteiger partial charge < -0.3 is 0 Å². The third-order valence-electron chi connectivity index (χ3n) is 2.57. The van der Waals surface area contributed by atoms with Gasteiger partial charge in [-0.05, 0) is 17.7 Å². The van der Waals surface area contributed by atoms with E-state index in [-0.39, 0.29) is 22.7 Å². The van der Waals surface area contributed by atoms with E-state index in [9.17, 15) is 10.1 Å². The molecular weight excluding hydrogens is 340 g/mol. The standard InChI is InChI=1S/C14H12N2O2S.BrH/c15-14(19-10-11-4-2-1-3-5-11)12-6-8-13(9-7-12)16(17)18;/h1-9,15H,10H2;1H. The first-order valence-electron chi connectivity index (χ1n) is 5.67. The van der Waals surface area contributed by atoms with Crippen LogP contribution in [0, 0.1) is 15.5 Å². The fourth-order valence-corrected chi connectivity index (χ4v) is 2.35. The van der Waals surface area contributed by atoms with Crippen LogP contribution in [0.2, 0.25) is 0 Å². The van der Waals surface area contributed by atoms with E-state index in [0.29, 0.717) is 10.6 Å². The molecule has 0 aromatic heterocycles. The minimum atomic E-state index is -0.440. The Balaban J connectivity index is 0.00000200. The Morgan fingerprint density at radius 3 is 2.25 bits per heavy atom. The molecule has 0 saturated heterocycles. The van der Waals surface area contributed by atoms with Crippen LogP contribution in [0.15, 0.2) is 54.6 Å². The average molecular weight is 353 g/mol. The highest BCUT2D eigenvalue weighted by Crippen LogP contribution is 2.20. The highest BCUT2D eigenvalue weighted by atomic mass is 79.9. The zero-order valence-corrected chi connectivity index (χ0v) is 13.0. The summed E-state index contributed by atoms with van der Waals surface area (Å²) in [4.78, 5) is 10.1. The van der Waals surface area contributed by atoms with Crippen LogP contribution in [0.4, 0.5) is 5.69 Å². The van der Waals surface area contributed by atoms with E-state index in [0.717, 1.165) is 11.3 Å². The molecule has 0 atom stereocenters. The Hall–Kier alpha value is -1.66. The number of rotatable bonds is 4. The van der Waals surface area contributed by atoms with Gasteiger partial charge in [0.15, 0.2) is 0 Å². The number of benzene rings is 2. The molecule has 0 unspecified atom stereocenters. The topological polar surface area (TPSA) is 67.0 Å². The van der Waals surface area contributed by atoms with Gasteiger partial charge in [0.2, 0.25) is 0 Å². The molecule has 0 aliphatic heterocycles. The fourth-order valence-electron chi connectivity index (χ4n) is 1.55. The van der Waals surface area contributed by atoms with Crippen molar-refractivity contribution in [3.8, 4) is 0 Å². The molecule has 0 amide bonds. The summed E-state index contributed by atoms with van der Waals surface area (Å²) in [5.74, 6) is 0.719. The number of nitrogens with one attached hydrogen (secondary N) is 1. The molecule has 0 aliphatic carbocycles. The molecule has 1 N–H and O–H groups in total. The van der Waals surface area contributed by atoms with Crippen LogP contribution in [-0.2, 0) is 5.75 Å². The lowest BCUT2D eigenvalue weighted by Crippen LogP contribution is -1.95. The molecule has 0 radical (unpaired) electrons. The molecule has 6 heteroatoms. The first-order valence-corrected chi connectivity index (χ1v) is 6.65. The van der Waals surface area contributed by atoms with E-state index in [1.165, 1.54) is 23.9 Å². The quantitative estimate of drug-likeness (QED) is 0.383. The molecule has 0 aliphatic rings. The van der Waals surface area contributed by atoms with Gasteiger partial charge in [-0.2, -0.15) is 0 Å². The van der Waals surface area contributed by atoms with Crippen molar-refractivity contribution in [3.05, 3.63) is 75.8 Å². The van der Waals surface area contributed by atoms with Gasteiger partial charge in [0.25, 0.3) is 5.69 Å². The van der Waals surface area contributed by atoms with E-state index < -0.39 is 4.92 Å². The van der Waals surface area contributed by atoms with Gasteiger partial charge in [0.1, 0.15) is 0 Å². The molecular formula is C14H13BrN2O2S.